The average molecular weight is 299 g/mol. The third-order valence-electron chi connectivity index (χ3n) is 4.99. The Morgan fingerprint density at radius 2 is 2.23 bits per heavy atom. The fourth-order valence-electron chi connectivity index (χ4n) is 3.86. The Labute approximate surface area is 127 Å². The molecule has 0 amide bonds. The van der Waals surface area contributed by atoms with Crippen molar-refractivity contribution in [2.45, 2.75) is 18.4 Å². The molecule has 22 heavy (non-hydrogen) atoms. The number of anilines is 1. The van der Waals surface area contributed by atoms with Gasteiger partial charge in [0.05, 0.1) is 6.54 Å². The van der Waals surface area contributed by atoms with Crippen LogP contribution in [0.4, 0.5) is 6.01 Å². The van der Waals surface area contributed by atoms with Crippen LogP contribution in [0.2, 0.25) is 0 Å². The lowest BCUT2D eigenvalue weighted by atomic mass is 9.75. The van der Waals surface area contributed by atoms with E-state index in [4.69, 9.17) is 9.15 Å². The van der Waals surface area contributed by atoms with E-state index in [1.807, 2.05) is 12.1 Å². The molecule has 0 radical (unpaired) electrons. The van der Waals surface area contributed by atoms with Crippen LogP contribution in [0.15, 0.2) is 27.7 Å². The topological polar surface area (TPSA) is 75.8 Å². The maximum Gasteiger partial charge on any atom is 0.305 e. The molecule has 114 valence electrons. The van der Waals surface area contributed by atoms with Crippen LogP contribution in [0.25, 0.3) is 11.2 Å². The molecule has 1 N–H and O–H groups in total. The van der Waals surface area contributed by atoms with Gasteiger partial charge in [-0.25, -0.2) is 9.98 Å². The molecule has 0 aromatic carbocycles. The summed E-state index contributed by atoms with van der Waals surface area (Å²) in [6.45, 7) is 4.07. The molecule has 4 aliphatic heterocycles. The number of nitrogens with zero attached hydrogens (tertiary/aromatic N) is 4. The molecule has 6 heterocycles. The molecule has 3 saturated heterocycles. The van der Waals surface area contributed by atoms with E-state index < -0.39 is 0 Å². The molecule has 0 aliphatic carbocycles. The van der Waals surface area contributed by atoms with E-state index in [-0.39, 0.29) is 5.60 Å². The Balaban J connectivity index is 1.35. The number of piperidine rings is 3. The second-order valence-electron chi connectivity index (χ2n) is 6.31. The van der Waals surface area contributed by atoms with Gasteiger partial charge >= 0.3 is 6.01 Å². The molecular weight excluding hydrogens is 282 g/mol. The van der Waals surface area contributed by atoms with Gasteiger partial charge in [-0.2, -0.15) is 4.98 Å². The highest BCUT2D eigenvalue weighted by Crippen LogP contribution is 2.40. The van der Waals surface area contributed by atoms with Gasteiger partial charge in [0, 0.05) is 18.7 Å². The van der Waals surface area contributed by atoms with Crippen LogP contribution >= 0.6 is 0 Å². The number of oxazole rings is 1. The first kappa shape index (κ1) is 12.4. The molecule has 4 aliphatic rings. The molecule has 2 aromatic heterocycles. The van der Waals surface area contributed by atoms with Crippen LogP contribution in [0.3, 0.4) is 0 Å². The van der Waals surface area contributed by atoms with Crippen molar-refractivity contribution < 1.29 is 9.15 Å². The van der Waals surface area contributed by atoms with Gasteiger partial charge in [-0.15, -0.1) is 0 Å². The summed E-state index contributed by atoms with van der Waals surface area (Å²) in [4.78, 5) is 15.5. The van der Waals surface area contributed by atoms with Gasteiger partial charge in [0.2, 0.25) is 5.65 Å². The molecule has 1 spiro atoms. The van der Waals surface area contributed by atoms with E-state index in [0.29, 0.717) is 29.2 Å². The van der Waals surface area contributed by atoms with Gasteiger partial charge in [0.1, 0.15) is 5.60 Å². The maximum absolute atomic E-state index is 6.20. The highest BCUT2D eigenvalue weighted by molar-refractivity contribution is 5.89. The number of hydrogen-bond donors (Lipinski definition) is 1. The second-order valence-corrected chi connectivity index (χ2v) is 6.31. The van der Waals surface area contributed by atoms with Crippen molar-refractivity contribution in [3.63, 3.8) is 0 Å². The molecule has 3 fully saturated rings. The molecule has 1 atom stereocenters. The van der Waals surface area contributed by atoms with E-state index in [9.17, 15) is 0 Å². The number of pyridine rings is 1. The number of fused-ring (bicyclic) bond motifs is 3. The van der Waals surface area contributed by atoms with Crippen molar-refractivity contribution in [3.05, 3.63) is 18.3 Å². The normalized spacial score (nSPS) is 33.2. The van der Waals surface area contributed by atoms with Crippen LogP contribution in [0.1, 0.15) is 12.8 Å². The van der Waals surface area contributed by atoms with Gasteiger partial charge in [-0.3, -0.25) is 10.2 Å². The van der Waals surface area contributed by atoms with Gasteiger partial charge in [-0.05, 0) is 38.1 Å². The Morgan fingerprint density at radius 1 is 1.32 bits per heavy atom. The van der Waals surface area contributed by atoms with Crippen molar-refractivity contribution >= 4 is 23.3 Å². The van der Waals surface area contributed by atoms with Crippen LogP contribution in [-0.4, -0.2) is 52.7 Å². The van der Waals surface area contributed by atoms with Crippen molar-refractivity contribution in [2.24, 2.45) is 10.9 Å². The Hall–Kier alpha value is -2.15. The minimum absolute atomic E-state index is 0.150. The Kier molecular flexibility index (Phi) is 2.49. The molecule has 2 aromatic rings. The quantitative estimate of drug-likeness (QED) is 0.859. The molecule has 7 nitrogen and oxygen atoms in total. The number of rotatable bonds is 1. The summed E-state index contributed by atoms with van der Waals surface area (Å²) in [6.07, 6.45) is 4.10. The van der Waals surface area contributed by atoms with Crippen LogP contribution in [0.5, 0.6) is 0 Å². The highest BCUT2D eigenvalue weighted by Gasteiger charge is 2.51. The van der Waals surface area contributed by atoms with Crippen molar-refractivity contribution in [1.82, 2.24) is 14.9 Å². The van der Waals surface area contributed by atoms with Crippen molar-refractivity contribution in [2.75, 3.05) is 31.5 Å². The molecule has 0 unspecified atom stereocenters. The summed E-state index contributed by atoms with van der Waals surface area (Å²) < 4.78 is 11.8. The lowest BCUT2D eigenvalue weighted by Crippen LogP contribution is -2.61. The lowest BCUT2D eigenvalue weighted by molar-refractivity contribution is -0.0829. The van der Waals surface area contributed by atoms with Crippen molar-refractivity contribution in [3.8, 4) is 0 Å². The number of aromatic nitrogens is 2. The SMILES string of the molecule is c1cnc2nc(NC3=NC[C@@]4(CN5CCC4CC5)O3)oc2c1. The highest BCUT2D eigenvalue weighted by atomic mass is 16.5. The predicted octanol–water partition coefficient (Wildman–Crippen LogP) is 1.49. The zero-order chi connectivity index (χ0) is 14.6. The fourth-order valence-corrected chi connectivity index (χ4v) is 3.86. The Morgan fingerprint density at radius 3 is 3.00 bits per heavy atom. The Bertz CT molecular complexity index is 716. The number of nitrogens with one attached hydrogen (secondary N) is 1. The molecule has 7 heteroatoms. The van der Waals surface area contributed by atoms with Gasteiger partial charge in [0.25, 0.3) is 6.02 Å². The summed E-state index contributed by atoms with van der Waals surface area (Å²) in [5.74, 6) is 0.603. The van der Waals surface area contributed by atoms with E-state index in [0.717, 1.165) is 13.1 Å². The maximum atomic E-state index is 6.20. The summed E-state index contributed by atoms with van der Waals surface area (Å²) in [5.41, 5.74) is 1.09. The molecular formula is C15H17N5O2. The summed E-state index contributed by atoms with van der Waals surface area (Å²) in [5, 5.41) is 3.05. The minimum atomic E-state index is -0.150. The first-order valence-corrected chi connectivity index (χ1v) is 7.75. The van der Waals surface area contributed by atoms with Crippen LogP contribution in [-0.2, 0) is 4.74 Å². The number of amidine groups is 1. The number of aliphatic imine (C=N–C) groups is 1. The van der Waals surface area contributed by atoms with Crippen LogP contribution < -0.4 is 5.32 Å². The minimum Gasteiger partial charge on any atom is -0.455 e. The number of ether oxygens (including phenoxy) is 1. The molecule has 2 bridgehead atoms. The standard InChI is InChI=1S/C15H17N5O2/c1-2-11-12(16-5-1)18-14(21-11)19-13-17-8-15(22-13)9-20-6-3-10(15)4-7-20/h1-2,5,10H,3-4,6-9H2,(H,16,17,18,19)/t15-/m0/s1. The van der Waals surface area contributed by atoms with E-state index in [1.54, 1.807) is 6.20 Å². The monoisotopic (exact) mass is 299 g/mol. The zero-order valence-electron chi connectivity index (χ0n) is 12.2. The fraction of sp³-hybridized carbons (Fsp3) is 0.533. The van der Waals surface area contributed by atoms with Gasteiger partial charge in [-0.1, -0.05) is 0 Å². The smallest absolute Gasteiger partial charge is 0.305 e. The van der Waals surface area contributed by atoms with Crippen LogP contribution in [0, 0.1) is 5.92 Å². The van der Waals surface area contributed by atoms with Gasteiger partial charge in [0.15, 0.2) is 5.58 Å². The number of hydrogen-bond acceptors (Lipinski definition) is 7. The summed E-state index contributed by atoms with van der Waals surface area (Å²) >= 11 is 0. The lowest BCUT2D eigenvalue weighted by Gasteiger charge is -2.50. The summed E-state index contributed by atoms with van der Waals surface area (Å²) in [7, 11) is 0. The largest absolute Gasteiger partial charge is 0.455 e. The third-order valence-corrected chi connectivity index (χ3v) is 4.99. The first-order valence-electron chi connectivity index (χ1n) is 7.75. The zero-order valence-corrected chi connectivity index (χ0v) is 12.2. The summed E-state index contributed by atoms with van der Waals surface area (Å²) in [6, 6.07) is 4.56. The van der Waals surface area contributed by atoms with Gasteiger partial charge < -0.3 is 9.15 Å². The molecule has 0 saturated carbocycles. The van der Waals surface area contributed by atoms with Crippen molar-refractivity contribution in [1.29, 1.82) is 0 Å². The van der Waals surface area contributed by atoms with E-state index >= 15 is 0 Å². The average Bonchev–Trinajstić information content (AvgIpc) is 3.12. The predicted molar refractivity (Wildman–Crippen MR) is 80.7 cm³/mol. The van der Waals surface area contributed by atoms with E-state index in [1.165, 1.54) is 25.9 Å². The van der Waals surface area contributed by atoms with E-state index in [2.05, 4.69) is 25.2 Å². The second kappa shape index (κ2) is 4.42. The first-order chi connectivity index (χ1) is 10.8. The molecule has 6 rings (SSSR count). The third kappa shape index (κ3) is 1.81.